The van der Waals surface area contributed by atoms with Crippen LogP contribution in [-0.2, 0) is 13.1 Å². The molecular weight excluding hydrogens is 248 g/mol. The summed E-state index contributed by atoms with van der Waals surface area (Å²) >= 11 is 0. The molecule has 108 valence electrons. The lowest BCUT2D eigenvalue weighted by Crippen LogP contribution is -2.33. The average molecular weight is 272 g/mol. The highest BCUT2D eigenvalue weighted by molar-refractivity contribution is 5.48. The summed E-state index contributed by atoms with van der Waals surface area (Å²) < 4.78 is 2.18. The molecule has 0 bridgehead atoms. The molecule has 0 unspecified atom stereocenters. The van der Waals surface area contributed by atoms with Crippen LogP contribution in [0.4, 0.5) is 5.69 Å². The number of hydrogen-bond acceptors (Lipinski definition) is 3. The molecule has 0 aliphatic rings. The molecule has 1 aromatic carbocycles. The molecule has 2 rings (SSSR count). The normalized spacial score (nSPS) is 11.1. The van der Waals surface area contributed by atoms with Gasteiger partial charge in [-0.3, -0.25) is 0 Å². The van der Waals surface area contributed by atoms with Crippen molar-refractivity contribution in [1.29, 1.82) is 0 Å². The first-order valence-corrected chi connectivity index (χ1v) is 7.15. The Balaban J connectivity index is 2.08. The first-order chi connectivity index (χ1) is 9.61. The highest BCUT2D eigenvalue weighted by Crippen LogP contribution is 2.18. The first-order valence-electron chi connectivity index (χ1n) is 7.15. The van der Waals surface area contributed by atoms with Crippen LogP contribution in [0.1, 0.15) is 25.2 Å². The van der Waals surface area contributed by atoms with Crippen molar-refractivity contribution in [2.75, 3.05) is 11.4 Å². The summed E-state index contributed by atoms with van der Waals surface area (Å²) in [6, 6.07) is 8.98. The molecule has 0 amide bonds. The zero-order chi connectivity index (χ0) is 14.5. The number of nitrogens with two attached hydrogens (primary N) is 1. The topological polar surface area (TPSA) is 47.1 Å². The van der Waals surface area contributed by atoms with Gasteiger partial charge in [0.2, 0.25) is 0 Å². The second-order valence-electron chi connectivity index (χ2n) is 5.33. The third-order valence-corrected chi connectivity index (χ3v) is 3.63. The van der Waals surface area contributed by atoms with E-state index in [2.05, 4.69) is 52.6 Å². The van der Waals surface area contributed by atoms with E-state index in [9.17, 15) is 0 Å². The largest absolute Gasteiger partial charge is 0.367 e. The summed E-state index contributed by atoms with van der Waals surface area (Å²) in [6.45, 7) is 8.99. The Bertz CT molecular complexity index is 528. The molecule has 1 aromatic heterocycles. The Kier molecular flexibility index (Phi) is 4.79. The quantitative estimate of drug-likeness (QED) is 0.879. The SMILES string of the molecule is Cc1nccn1CCN(c1ccc(CN)cc1)C(C)C. The minimum atomic E-state index is 0.461. The predicted octanol–water partition coefficient (Wildman–Crippen LogP) is 2.57. The number of nitrogens with zero attached hydrogens (tertiary/aromatic N) is 3. The van der Waals surface area contributed by atoms with Gasteiger partial charge in [0.25, 0.3) is 0 Å². The van der Waals surface area contributed by atoms with Gasteiger partial charge in [0.05, 0.1) is 0 Å². The van der Waals surface area contributed by atoms with E-state index in [0.29, 0.717) is 12.6 Å². The predicted molar refractivity (Wildman–Crippen MR) is 83.8 cm³/mol. The number of aryl methyl sites for hydroxylation is 1. The Labute approximate surface area is 121 Å². The van der Waals surface area contributed by atoms with Gasteiger partial charge in [0.1, 0.15) is 5.82 Å². The second-order valence-corrected chi connectivity index (χ2v) is 5.33. The van der Waals surface area contributed by atoms with E-state index >= 15 is 0 Å². The molecule has 0 fully saturated rings. The Hall–Kier alpha value is -1.81. The first kappa shape index (κ1) is 14.6. The van der Waals surface area contributed by atoms with Gasteiger partial charge in [-0.2, -0.15) is 0 Å². The third-order valence-electron chi connectivity index (χ3n) is 3.63. The molecular formula is C16H24N4. The van der Waals surface area contributed by atoms with Gasteiger partial charge in [0, 0.05) is 43.8 Å². The smallest absolute Gasteiger partial charge is 0.105 e. The van der Waals surface area contributed by atoms with E-state index in [0.717, 1.165) is 18.9 Å². The van der Waals surface area contributed by atoms with Crippen LogP contribution in [0.15, 0.2) is 36.7 Å². The van der Waals surface area contributed by atoms with Crippen LogP contribution in [0.2, 0.25) is 0 Å². The minimum absolute atomic E-state index is 0.461. The van der Waals surface area contributed by atoms with Gasteiger partial charge in [-0.05, 0) is 38.5 Å². The molecule has 0 atom stereocenters. The zero-order valence-electron chi connectivity index (χ0n) is 12.6. The molecule has 4 heteroatoms. The lowest BCUT2D eigenvalue weighted by atomic mass is 10.1. The second kappa shape index (κ2) is 6.57. The summed E-state index contributed by atoms with van der Waals surface area (Å²) in [7, 11) is 0. The van der Waals surface area contributed by atoms with Gasteiger partial charge >= 0.3 is 0 Å². The highest BCUT2D eigenvalue weighted by atomic mass is 15.2. The molecule has 1 heterocycles. The molecule has 2 N–H and O–H groups in total. The Morgan fingerprint density at radius 1 is 1.25 bits per heavy atom. The maximum atomic E-state index is 5.65. The molecule has 20 heavy (non-hydrogen) atoms. The van der Waals surface area contributed by atoms with Crippen LogP contribution in [0.25, 0.3) is 0 Å². The summed E-state index contributed by atoms with van der Waals surface area (Å²) in [5.74, 6) is 1.06. The monoisotopic (exact) mass is 272 g/mol. The molecule has 4 nitrogen and oxygen atoms in total. The van der Waals surface area contributed by atoms with E-state index < -0.39 is 0 Å². The fraction of sp³-hybridized carbons (Fsp3) is 0.438. The van der Waals surface area contributed by atoms with Crippen molar-refractivity contribution in [3.8, 4) is 0 Å². The lowest BCUT2D eigenvalue weighted by molar-refractivity contribution is 0.600. The fourth-order valence-corrected chi connectivity index (χ4v) is 2.36. The summed E-state index contributed by atoms with van der Waals surface area (Å²) in [5, 5.41) is 0. The fourth-order valence-electron chi connectivity index (χ4n) is 2.36. The van der Waals surface area contributed by atoms with Gasteiger partial charge in [-0.1, -0.05) is 12.1 Å². The minimum Gasteiger partial charge on any atom is -0.367 e. The van der Waals surface area contributed by atoms with Crippen LogP contribution in [0.5, 0.6) is 0 Å². The maximum absolute atomic E-state index is 5.65. The number of imidazole rings is 1. The van der Waals surface area contributed by atoms with Gasteiger partial charge in [0.15, 0.2) is 0 Å². The third kappa shape index (κ3) is 3.39. The van der Waals surface area contributed by atoms with E-state index in [1.807, 2.05) is 19.3 Å². The van der Waals surface area contributed by atoms with E-state index in [1.165, 1.54) is 11.3 Å². The van der Waals surface area contributed by atoms with Crippen LogP contribution < -0.4 is 10.6 Å². The van der Waals surface area contributed by atoms with E-state index in [-0.39, 0.29) is 0 Å². The molecule has 0 saturated heterocycles. The lowest BCUT2D eigenvalue weighted by Gasteiger charge is -2.29. The van der Waals surface area contributed by atoms with Crippen molar-refractivity contribution in [1.82, 2.24) is 9.55 Å². The van der Waals surface area contributed by atoms with Crippen molar-refractivity contribution in [3.05, 3.63) is 48.0 Å². The number of benzene rings is 1. The number of aromatic nitrogens is 2. The van der Waals surface area contributed by atoms with Crippen molar-refractivity contribution < 1.29 is 0 Å². The molecule has 0 aliphatic heterocycles. The summed E-state index contributed by atoms with van der Waals surface area (Å²) in [6.07, 6.45) is 3.89. The van der Waals surface area contributed by atoms with Crippen LogP contribution in [-0.4, -0.2) is 22.1 Å². The van der Waals surface area contributed by atoms with Crippen LogP contribution in [0.3, 0.4) is 0 Å². The van der Waals surface area contributed by atoms with Crippen LogP contribution in [0, 0.1) is 6.92 Å². The zero-order valence-corrected chi connectivity index (χ0v) is 12.6. The molecule has 0 spiro atoms. The summed E-state index contributed by atoms with van der Waals surface area (Å²) in [5.41, 5.74) is 8.07. The molecule has 0 aliphatic carbocycles. The number of anilines is 1. The van der Waals surface area contributed by atoms with Gasteiger partial charge in [-0.15, -0.1) is 0 Å². The van der Waals surface area contributed by atoms with Gasteiger partial charge in [-0.25, -0.2) is 4.98 Å². The highest BCUT2D eigenvalue weighted by Gasteiger charge is 2.11. The average Bonchev–Trinajstić information content (AvgIpc) is 2.85. The number of rotatable bonds is 6. The van der Waals surface area contributed by atoms with Crippen molar-refractivity contribution >= 4 is 5.69 Å². The molecule has 0 radical (unpaired) electrons. The Morgan fingerprint density at radius 3 is 2.45 bits per heavy atom. The molecule has 2 aromatic rings. The van der Waals surface area contributed by atoms with Crippen molar-refractivity contribution in [3.63, 3.8) is 0 Å². The maximum Gasteiger partial charge on any atom is 0.105 e. The number of hydrogen-bond donors (Lipinski definition) is 1. The molecule has 0 saturated carbocycles. The standard InChI is InChI=1S/C16H24N4/c1-13(2)20(11-10-19-9-8-18-14(19)3)16-6-4-15(12-17)5-7-16/h4-9,13H,10-12,17H2,1-3H3. The summed E-state index contributed by atoms with van der Waals surface area (Å²) in [4.78, 5) is 6.67. The van der Waals surface area contributed by atoms with Gasteiger partial charge < -0.3 is 15.2 Å². The van der Waals surface area contributed by atoms with Crippen LogP contribution >= 0.6 is 0 Å². The van der Waals surface area contributed by atoms with E-state index in [1.54, 1.807) is 0 Å². The Morgan fingerprint density at radius 2 is 1.95 bits per heavy atom. The van der Waals surface area contributed by atoms with Crippen molar-refractivity contribution in [2.24, 2.45) is 5.73 Å². The van der Waals surface area contributed by atoms with E-state index in [4.69, 9.17) is 5.73 Å². The van der Waals surface area contributed by atoms with Crippen molar-refractivity contribution in [2.45, 2.75) is 39.9 Å².